The number of carbonyl (C=O) groups is 1. The molecule has 1 amide bonds. The summed E-state index contributed by atoms with van der Waals surface area (Å²) in [6.45, 7) is 14.1. The maximum absolute atomic E-state index is 13.3. The van der Waals surface area contributed by atoms with Gasteiger partial charge >= 0.3 is 6.01 Å². The van der Waals surface area contributed by atoms with Crippen LogP contribution in [0.4, 0.5) is 11.5 Å². The molecule has 2 aromatic carbocycles. The van der Waals surface area contributed by atoms with Crippen LogP contribution in [0.5, 0.6) is 6.01 Å². The van der Waals surface area contributed by atoms with Gasteiger partial charge in [0.1, 0.15) is 18.5 Å². The summed E-state index contributed by atoms with van der Waals surface area (Å²) in [7, 11) is 2.13. The molecule has 0 saturated carbocycles. The van der Waals surface area contributed by atoms with Gasteiger partial charge in [-0.1, -0.05) is 41.8 Å². The van der Waals surface area contributed by atoms with E-state index < -0.39 is 6.10 Å². The topological polar surface area (TPSA) is 81.9 Å². The first-order valence-corrected chi connectivity index (χ1v) is 16.4. The van der Waals surface area contributed by atoms with Crippen molar-refractivity contribution in [1.29, 1.82) is 0 Å². The third kappa shape index (κ3) is 5.93. The Bertz CT molecular complexity index is 1740. The highest BCUT2D eigenvalue weighted by molar-refractivity contribution is 6.36. The maximum atomic E-state index is 13.3. The summed E-state index contributed by atoms with van der Waals surface area (Å²) in [4.78, 5) is 35.7. The molecule has 4 aliphatic heterocycles. The SMILES string of the molecule is [C-]#[N+]C[C@H]1CN(c2nc(OC[C@@H]3CCCN3C)nc3c2CCN(c2cccc4cccc(Cl)c24)C3)CCN1C(=O)[C@H]1O[C@@H]1C#CC. The number of likely N-dealkylation sites (N-methyl/N-ethyl adjacent to an activating group) is 1. The van der Waals surface area contributed by atoms with Crippen LogP contribution in [0, 0.1) is 18.4 Å². The first-order valence-electron chi connectivity index (χ1n) is 16.1. The maximum Gasteiger partial charge on any atom is 0.318 e. The number of amides is 1. The van der Waals surface area contributed by atoms with Gasteiger partial charge < -0.3 is 33.9 Å². The molecule has 10 nitrogen and oxygen atoms in total. The number of carbonyl (C=O) groups excluding carboxylic acids is 1. The van der Waals surface area contributed by atoms with E-state index in [1.54, 1.807) is 6.92 Å². The summed E-state index contributed by atoms with van der Waals surface area (Å²) in [5.74, 6) is 6.53. The van der Waals surface area contributed by atoms with Crippen LogP contribution in [0.15, 0.2) is 36.4 Å². The molecule has 0 unspecified atom stereocenters. The second-order valence-electron chi connectivity index (χ2n) is 12.5. The molecule has 4 atom stereocenters. The summed E-state index contributed by atoms with van der Waals surface area (Å²) in [6, 6.07) is 12.7. The average Bonchev–Trinajstić information content (AvgIpc) is 3.72. The molecule has 0 aliphatic carbocycles. The smallest absolute Gasteiger partial charge is 0.318 e. The zero-order valence-corrected chi connectivity index (χ0v) is 27.0. The highest BCUT2D eigenvalue weighted by Crippen LogP contribution is 2.37. The number of rotatable bonds is 7. The number of hydrogen-bond acceptors (Lipinski definition) is 8. The number of likely N-dealkylation sites (tertiary alicyclic amines) is 1. The Kier molecular flexibility index (Phi) is 8.61. The molecular weight excluding hydrogens is 602 g/mol. The number of hydrogen-bond donors (Lipinski definition) is 0. The summed E-state index contributed by atoms with van der Waals surface area (Å²) in [6.07, 6.45) is 2.11. The number of piperazine rings is 1. The number of halogens is 1. The van der Waals surface area contributed by atoms with Gasteiger partial charge in [-0.15, -0.1) is 5.92 Å². The standard InChI is InChI=1S/C35H38ClN7O3/c1-4-8-30-32(46-30)34(44)43-18-17-42(20-25(43)19-37-2)33-26-14-16-41(29-13-6-10-23-9-5-12-27(36)31(23)29)21-28(26)38-35(39-33)45-22-24-11-7-15-40(24)3/h5-6,9-10,12-13,24-25,30,32H,7,11,14-22H2,1,3H3/t24-,25-,30+,32-/m0/s1. The highest BCUT2D eigenvalue weighted by atomic mass is 35.5. The Hall–Kier alpha value is -4.09. The van der Waals surface area contributed by atoms with Crippen molar-refractivity contribution in [3.05, 3.63) is 64.1 Å². The van der Waals surface area contributed by atoms with E-state index in [9.17, 15) is 4.79 Å². The molecule has 46 heavy (non-hydrogen) atoms. The number of anilines is 2. The normalized spacial score (nSPS) is 24.3. The molecule has 0 spiro atoms. The minimum atomic E-state index is -0.540. The van der Waals surface area contributed by atoms with Crippen LogP contribution in [0.2, 0.25) is 5.02 Å². The summed E-state index contributed by atoms with van der Waals surface area (Å²) in [5, 5.41) is 2.88. The van der Waals surface area contributed by atoms with E-state index in [2.05, 4.69) is 62.7 Å². The van der Waals surface area contributed by atoms with Gasteiger partial charge in [0.25, 0.3) is 5.91 Å². The molecule has 3 aromatic rings. The Labute approximate surface area is 275 Å². The van der Waals surface area contributed by atoms with Gasteiger partial charge in [0.2, 0.25) is 6.54 Å². The van der Waals surface area contributed by atoms with E-state index >= 15 is 0 Å². The lowest BCUT2D eigenvalue weighted by atomic mass is 10.0. The zero-order chi connectivity index (χ0) is 31.8. The molecule has 1 aromatic heterocycles. The van der Waals surface area contributed by atoms with Crippen molar-refractivity contribution in [2.75, 3.05) is 62.7 Å². The Morgan fingerprint density at radius 3 is 2.76 bits per heavy atom. The van der Waals surface area contributed by atoms with Gasteiger partial charge in [-0.25, -0.2) is 6.57 Å². The third-order valence-electron chi connectivity index (χ3n) is 9.66. The second-order valence-corrected chi connectivity index (χ2v) is 12.9. The lowest BCUT2D eigenvalue weighted by Gasteiger charge is -2.41. The molecular formula is C35H38ClN7O3. The zero-order valence-electron chi connectivity index (χ0n) is 26.3. The van der Waals surface area contributed by atoms with Crippen molar-refractivity contribution < 1.29 is 14.3 Å². The Balaban J connectivity index is 1.19. The monoisotopic (exact) mass is 639 g/mol. The molecule has 11 heteroatoms. The molecule has 0 N–H and O–H groups in total. The van der Waals surface area contributed by atoms with E-state index in [4.69, 9.17) is 37.6 Å². The van der Waals surface area contributed by atoms with Crippen molar-refractivity contribution in [3.8, 4) is 17.9 Å². The van der Waals surface area contributed by atoms with Crippen LogP contribution in [-0.4, -0.2) is 103 Å². The van der Waals surface area contributed by atoms with Crippen molar-refractivity contribution in [2.45, 2.75) is 57.0 Å². The Morgan fingerprint density at radius 2 is 1.98 bits per heavy atom. The van der Waals surface area contributed by atoms with Gasteiger partial charge in [-0.3, -0.25) is 4.79 Å². The van der Waals surface area contributed by atoms with Gasteiger partial charge in [0, 0.05) is 48.9 Å². The van der Waals surface area contributed by atoms with Crippen molar-refractivity contribution in [2.24, 2.45) is 0 Å². The van der Waals surface area contributed by atoms with Gasteiger partial charge in [-0.2, -0.15) is 9.97 Å². The van der Waals surface area contributed by atoms with Crippen molar-refractivity contribution >= 4 is 39.8 Å². The van der Waals surface area contributed by atoms with Crippen LogP contribution in [0.1, 0.15) is 31.0 Å². The number of aromatic nitrogens is 2. The van der Waals surface area contributed by atoms with Gasteiger partial charge in [0.15, 0.2) is 12.2 Å². The summed E-state index contributed by atoms with van der Waals surface area (Å²) >= 11 is 6.72. The lowest BCUT2D eigenvalue weighted by molar-refractivity contribution is -0.135. The number of ether oxygens (including phenoxy) is 2. The molecule has 7 rings (SSSR count). The van der Waals surface area contributed by atoms with E-state index in [0.717, 1.165) is 70.9 Å². The molecule has 0 radical (unpaired) electrons. The number of benzene rings is 2. The van der Waals surface area contributed by atoms with E-state index in [1.807, 2.05) is 17.0 Å². The lowest BCUT2D eigenvalue weighted by Crippen LogP contribution is -2.58. The molecule has 5 heterocycles. The first-order chi connectivity index (χ1) is 22.4. The average molecular weight is 640 g/mol. The fourth-order valence-electron chi connectivity index (χ4n) is 7.14. The number of fused-ring (bicyclic) bond motifs is 2. The van der Waals surface area contributed by atoms with E-state index in [0.29, 0.717) is 44.8 Å². The molecule has 3 fully saturated rings. The largest absolute Gasteiger partial charge is 0.462 e. The van der Waals surface area contributed by atoms with Crippen LogP contribution >= 0.6 is 11.6 Å². The molecule has 0 bridgehead atoms. The fraction of sp³-hybridized carbons (Fsp3) is 0.486. The van der Waals surface area contributed by atoms with Crippen molar-refractivity contribution in [1.82, 2.24) is 19.8 Å². The number of nitrogens with zero attached hydrogens (tertiary/aromatic N) is 7. The molecule has 4 aliphatic rings. The van der Waals surface area contributed by atoms with Crippen molar-refractivity contribution in [3.63, 3.8) is 0 Å². The minimum absolute atomic E-state index is 0.0835. The second kappa shape index (κ2) is 13.0. The quantitative estimate of drug-likeness (QED) is 0.218. The van der Waals surface area contributed by atoms with Crippen LogP contribution in [0.25, 0.3) is 15.6 Å². The predicted octanol–water partition coefficient (Wildman–Crippen LogP) is 4.05. The van der Waals surface area contributed by atoms with E-state index in [1.165, 1.54) is 0 Å². The number of epoxide rings is 1. The van der Waals surface area contributed by atoms with Gasteiger partial charge in [0.05, 0.1) is 17.3 Å². The Morgan fingerprint density at radius 1 is 1.13 bits per heavy atom. The summed E-state index contributed by atoms with van der Waals surface area (Å²) in [5.41, 5.74) is 3.11. The first kappa shape index (κ1) is 30.6. The van der Waals surface area contributed by atoms with Crippen LogP contribution < -0.4 is 14.5 Å². The van der Waals surface area contributed by atoms with Crippen LogP contribution in [-0.2, 0) is 22.5 Å². The van der Waals surface area contributed by atoms with E-state index in [-0.39, 0.29) is 24.6 Å². The van der Waals surface area contributed by atoms with Crippen LogP contribution in [0.3, 0.4) is 0 Å². The fourth-order valence-corrected chi connectivity index (χ4v) is 7.41. The summed E-state index contributed by atoms with van der Waals surface area (Å²) < 4.78 is 11.9. The molecule has 238 valence electrons. The highest BCUT2D eigenvalue weighted by Gasteiger charge is 2.49. The predicted molar refractivity (Wildman–Crippen MR) is 178 cm³/mol. The third-order valence-corrected chi connectivity index (χ3v) is 9.98. The minimum Gasteiger partial charge on any atom is -0.462 e. The van der Waals surface area contributed by atoms with Gasteiger partial charge in [-0.05, 0) is 57.3 Å². The molecule has 3 saturated heterocycles.